The predicted molar refractivity (Wildman–Crippen MR) is 118 cm³/mol. The zero-order valence-electron chi connectivity index (χ0n) is 20.1. The fourth-order valence-electron chi connectivity index (χ4n) is 7.70. The molecule has 3 fully saturated rings. The molecule has 2 aliphatic heterocycles. The van der Waals surface area contributed by atoms with Crippen LogP contribution < -0.4 is 0 Å². The lowest BCUT2D eigenvalue weighted by Gasteiger charge is -2.55. The highest BCUT2D eigenvalue weighted by atomic mass is 17.2. The Balaban J connectivity index is 1.79. The van der Waals surface area contributed by atoms with Gasteiger partial charge < -0.3 is 9.53 Å². The summed E-state index contributed by atoms with van der Waals surface area (Å²) in [6.07, 6.45) is 6.93. The fourth-order valence-corrected chi connectivity index (χ4v) is 7.70. The molecule has 0 radical (unpaired) electrons. The van der Waals surface area contributed by atoms with Gasteiger partial charge in [0.25, 0.3) is 0 Å². The van der Waals surface area contributed by atoms with Crippen LogP contribution in [0.25, 0.3) is 0 Å². The molecule has 7 atom stereocenters. The first-order valence-electron chi connectivity index (χ1n) is 12.3. The van der Waals surface area contributed by atoms with Crippen molar-refractivity contribution in [3.8, 4) is 0 Å². The molecule has 0 spiro atoms. The molecule has 0 amide bonds. The molecule has 0 aromatic carbocycles. The van der Waals surface area contributed by atoms with E-state index in [1.54, 1.807) is 6.92 Å². The first-order chi connectivity index (χ1) is 14.6. The van der Waals surface area contributed by atoms with Gasteiger partial charge in [-0.1, -0.05) is 33.8 Å². The van der Waals surface area contributed by atoms with Crippen LogP contribution in [0.1, 0.15) is 80.1 Å². The summed E-state index contributed by atoms with van der Waals surface area (Å²) >= 11 is 0. The standard InChI is InChI=1S/C26H40O5/c1-15(2)14-29-24(28)26-10-9-25(12-18(6)27)13-22-17(5)11-21(30-31-22)23(25)20(26)8-7-19(26)16(3)4/h11,15-16,19-23H,7-10,12-14H2,1-6H3/t19-,20+,21?,22?,23-,25-,26+/m1/s1. The maximum atomic E-state index is 13.8. The van der Waals surface area contributed by atoms with E-state index in [0.717, 1.165) is 32.1 Å². The number of hydrogen-bond acceptors (Lipinski definition) is 5. The highest BCUT2D eigenvalue weighted by Gasteiger charge is 2.68. The normalized spacial score (nSPS) is 41.5. The van der Waals surface area contributed by atoms with Crippen LogP contribution in [-0.4, -0.2) is 30.6 Å². The average Bonchev–Trinajstić information content (AvgIpc) is 2.95. The second-order valence-corrected chi connectivity index (χ2v) is 11.6. The minimum Gasteiger partial charge on any atom is -0.465 e. The van der Waals surface area contributed by atoms with Crippen molar-refractivity contribution >= 4 is 11.8 Å². The van der Waals surface area contributed by atoms with Gasteiger partial charge in [-0.15, -0.1) is 0 Å². The fraction of sp³-hybridized carbons (Fsp3) is 0.846. The van der Waals surface area contributed by atoms with E-state index in [1.165, 1.54) is 5.57 Å². The van der Waals surface area contributed by atoms with Gasteiger partial charge in [-0.3, -0.25) is 4.79 Å². The van der Waals surface area contributed by atoms with Crippen LogP contribution in [0.4, 0.5) is 0 Å². The monoisotopic (exact) mass is 432 g/mol. The molecule has 3 aliphatic carbocycles. The lowest BCUT2D eigenvalue weighted by Crippen LogP contribution is -2.56. The van der Waals surface area contributed by atoms with E-state index in [-0.39, 0.29) is 41.2 Å². The maximum Gasteiger partial charge on any atom is 0.312 e. The molecule has 31 heavy (non-hydrogen) atoms. The van der Waals surface area contributed by atoms with Crippen molar-refractivity contribution in [3.05, 3.63) is 11.6 Å². The van der Waals surface area contributed by atoms with E-state index < -0.39 is 5.41 Å². The Morgan fingerprint density at radius 1 is 1.16 bits per heavy atom. The number of carbonyl (C=O) groups is 2. The number of fused-ring (bicyclic) bond motifs is 2. The molecule has 174 valence electrons. The minimum atomic E-state index is -0.485. The van der Waals surface area contributed by atoms with Crippen LogP contribution >= 0.6 is 0 Å². The molecule has 2 unspecified atom stereocenters. The van der Waals surface area contributed by atoms with Crippen molar-refractivity contribution in [1.82, 2.24) is 0 Å². The van der Waals surface area contributed by atoms with E-state index in [1.807, 2.05) is 0 Å². The number of Topliss-reactive ketones (excluding diaryl/α,β-unsaturated/α-hetero) is 1. The number of carbonyl (C=O) groups excluding carboxylic acids is 2. The van der Waals surface area contributed by atoms with Gasteiger partial charge in [0, 0.05) is 12.3 Å². The topological polar surface area (TPSA) is 61.8 Å². The summed E-state index contributed by atoms with van der Waals surface area (Å²) in [4.78, 5) is 38.0. The average molecular weight is 433 g/mol. The Kier molecular flexibility index (Phi) is 6.15. The smallest absolute Gasteiger partial charge is 0.312 e. The summed E-state index contributed by atoms with van der Waals surface area (Å²) in [6, 6.07) is 0. The van der Waals surface area contributed by atoms with Crippen LogP contribution in [0.15, 0.2) is 11.6 Å². The molecule has 5 aliphatic rings. The van der Waals surface area contributed by atoms with Crippen molar-refractivity contribution in [2.45, 2.75) is 92.3 Å². The summed E-state index contributed by atoms with van der Waals surface area (Å²) in [6.45, 7) is 12.9. The zero-order valence-corrected chi connectivity index (χ0v) is 20.1. The first kappa shape index (κ1) is 23.0. The van der Waals surface area contributed by atoms with Crippen molar-refractivity contribution in [1.29, 1.82) is 0 Å². The quantitative estimate of drug-likeness (QED) is 0.325. The van der Waals surface area contributed by atoms with E-state index in [0.29, 0.717) is 30.8 Å². The van der Waals surface area contributed by atoms with Crippen molar-refractivity contribution in [3.63, 3.8) is 0 Å². The van der Waals surface area contributed by atoms with Gasteiger partial charge in [0.15, 0.2) is 0 Å². The number of ketones is 1. The van der Waals surface area contributed by atoms with Crippen LogP contribution in [-0.2, 0) is 24.1 Å². The van der Waals surface area contributed by atoms with Gasteiger partial charge in [0.2, 0.25) is 0 Å². The molecule has 1 saturated heterocycles. The van der Waals surface area contributed by atoms with Gasteiger partial charge in [-0.05, 0) is 80.6 Å². The van der Waals surface area contributed by atoms with Gasteiger partial charge in [0.1, 0.15) is 18.0 Å². The maximum absolute atomic E-state index is 13.8. The van der Waals surface area contributed by atoms with Crippen molar-refractivity contribution in [2.75, 3.05) is 6.61 Å². The van der Waals surface area contributed by atoms with Gasteiger partial charge in [-0.25, -0.2) is 9.78 Å². The summed E-state index contributed by atoms with van der Waals surface area (Å²) in [7, 11) is 0. The molecule has 2 bridgehead atoms. The predicted octanol–water partition coefficient (Wildman–Crippen LogP) is 5.28. The summed E-state index contributed by atoms with van der Waals surface area (Å²) in [5.41, 5.74) is 0.534. The van der Waals surface area contributed by atoms with Crippen molar-refractivity contribution < 1.29 is 24.1 Å². The second-order valence-electron chi connectivity index (χ2n) is 11.6. The van der Waals surface area contributed by atoms with E-state index >= 15 is 0 Å². The SMILES string of the molecule is CC(=O)C[C@@]12CC[C@]3(C(=O)OCC(C)C)[C@@H](C(C)C)CC[C@H]3[C@@H]1C1C=C(C)C(C2)OO1. The van der Waals surface area contributed by atoms with Gasteiger partial charge in [-0.2, -0.15) is 0 Å². The first-order valence-corrected chi connectivity index (χ1v) is 12.3. The summed E-state index contributed by atoms with van der Waals surface area (Å²) in [5, 5.41) is 0. The third-order valence-electron chi connectivity index (χ3n) is 8.79. The Hall–Kier alpha value is -1.20. The van der Waals surface area contributed by atoms with Gasteiger partial charge >= 0.3 is 5.97 Å². The third-order valence-corrected chi connectivity index (χ3v) is 8.79. The van der Waals surface area contributed by atoms with Crippen LogP contribution in [0.3, 0.4) is 0 Å². The largest absolute Gasteiger partial charge is 0.465 e. The molecular formula is C26H40O5. The van der Waals surface area contributed by atoms with E-state index in [9.17, 15) is 9.59 Å². The van der Waals surface area contributed by atoms with E-state index in [4.69, 9.17) is 14.5 Å². The van der Waals surface area contributed by atoms with E-state index in [2.05, 4.69) is 40.7 Å². The molecule has 5 heteroatoms. The Bertz CT molecular complexity index is 755. The summed E-state index contributed by atoms with van der Waals surface area (Å²) < 4.78 is 5.96. The highest BCUT2D eigenvalue weighted by Crippen LogP contribution is 2.68. The molecule has 2 saturated carbocycles. The molecule has 0 N–H and O–H groups in total. The third kappa shape index (κ3) is 3.70. The highest BCUT2D eigenvalue weighted by molar-refractivity contribution is 5.79. The minimum absolute atomic E-state index is 0.0146. The lowest BCUT2D eigenvalue weighted by atomic mass is 9.48. The molecule has 5 nitrogen and oxygen atoms in total. The zero-order chi connectivity index (χ0) is 22.6. The Morgan fingerprint density at radius 2 is 1.90 bits per heavy atom. The molecule has 2 heterocycles. The van der Waals surface area contributed by atoms with Crippen LogP contribution in [0.2, 0.25) is 0 Å². The second kappa shape index (κ2) is 8.30. The molecule has 5 rings (SSSR count). The van der Waals surface area contributed by atoms with Crippen LogP contribution in [0, 0.1) is 40.4 Å². The van der Waals surface area contributed by atoms with Gasteiger partial charge in [0.05, 0.1) is 12.0 Å². The molecule has 0 aromatic heterocycles. The molecule has 0 aromatic rings. The Labute approximate surface area is 187 Å². The Morgan fingerprint density at radius 3 is 2.52 bits per heavy atom. The molecular weight excluding hydrogens is 392 g/mol. The summed E-state index contributed by atoms with van der Waals surface area (Å²) in [5.74, 6) is 1.49. The number of esters is 1. The van der Waals surface area contributed by atoms with Crippen LogP contribution in [0.5, 0.6) is 0 Å². The lowest BCUT2D eigenvalue weighted by molar-refractivity contribution is -0.344. The number of hydrogen-bond donors (Lipinski definition) is 0. The number of rotatable bonds is 6. The number of ether oxygens (including phenoxy) is 1. The van der Waals surface area contributed by atoms with Crippen molar-refractivity contribution in [2.24, 2.45) is 40.4 Å².